The molecule has 0 bridgehead atoms. The molecular weight excluding hydrogens is 314 g/mol. The van der Waals surface area contributed by atoms with Crippen molar-refractivity contribution < 1.29 is 18.7 Å². The fraction of sp³-hybridized carbons (Fsp3) is 0.278. The number of benzene rings is 2. The summed E-state index contributed by atoms with van der Waals surface area (Å²) >= 11 is 0. The fourth-order valence-electron chi connectivity index (χ4n) is 2.57. The van der Waals surface area contributed by atoms with Gasteiger partial charge in [0.15, 0.2) is 0 Å². The number of anilines is 2. The first kappa shape index (κ1) is 17.7. The van der Waals surface area contributed by atoms with Crippen LogP contribution in [0.4, 0.5) is 20.2 Å². The molecule has 0 saturated heterocycles. The zero-order chi connectivity index (χ0) is 17.7. The number of carbonyl (C=O) groups is 1. The first-order chi connectivity index (χ1) is 11.5. The number of halogens is 2. The summed E-state index contributed by atoms with van der Waals surface area (Å²) in [6.07, 6.45) is 1.31. The van der Waals surface area contributed by atoms with Gasteiger partial charge in [-0.1, -0.05) is 6.07 Å². The van der Waals surface area contributed by atoms with E-state index in [1.807, 2.05) is 0 Å². The van der Waals surface area contributed by atoms with Crippen LogP contribution in [0, 0.1) is 11.6 Å². The van der Waals surface area contributed by atoms with E-state index in [4.69, 9.17) is 0 Å². The molecule has 0 aliphatic rings. The van der Waals surface area contributed by atoms with Crippen LogP contribution >= 0.6 is 0 Å². The third-order valence-corrected chi connectivity index (χ3v) is 3.92. The van der Waals surface area contributed by atoms with Crippen molar-refractivity contribution in [2.75, 3.05) is 24.7 Å². The van der Waals surface area contributed by atoms with Gasteiger partial charge in [0.1, 0.15) is 11.6 Å². The summed E-state index contributed by atoms with van der Waals surface area (Å²) < 4.78 is 28.0. The highest BCUT2D eigenvalue weighted by Gasteiger charge is 2.14. The molecule has 2 aromatic carbocycles. The fourth-order valence-corrected chi connectivity index (χ4v) is 2.57. The topological polar surface area (TPSA) is 61.4 Å². The zero-order valence-corrected chi connectivity index (χ0v) is 13.6. The number of carboxylic acids is 1. The summed E-state index contributed by atoms with van der Waals surface area (Å²) in [5.41, 5.74) is 1.82. The van der Waals surface area contributed by atoms with Gasteiger partial charge >= 0.3 is 5.97 Å². The Bertz CT molecular complexity index is 748. The van der Waals surface area contributed by atoms with Crippen molar-refractivity contribution in [3.8, 4) is 0 Å². The van der Waals surface area contributed by atoms with E-state index in [1.165, 1.54) is 18.2 Å². The summed E-state index contributed by atoms with van der Waals surface area (Å²) in [4.78, 5) is 11.2. The number of hydrogen-bond acceptors (Lipinski definition) is 3. The average Bonchev–Trinajstić information content (AvgIpc) is 2.56. The minimum atomic E-state index is -1.12. The molecule has 0 aromatic heterocycles. The van der Waals surface area contributed by atoms with E-state index in [0.29, 0.717) is 36.1 Å². The molecule has 0 radical (unpaired) electrons. The maximum Gasteiger partial charge on any atom is 0.337 e. The van der Waals surface area contributed by atoms with E-state index in [-0.39, 0.29) is 17.1 Å². The Kier molecular flexibility index (Phi) is 5.73. The largest absolute Gasteiger partial charge is 0.478 e. The van der Waals surface area contributed by atoms with Crippen molar-refractivity contribution >= 4 is 17.3 Å². The second-order valence-corrected chi connectivity index (χ2v) is 5.45. The third kappa shape index (κ3) is 4.01. The van der Waals surface area contributed by atoms with Crippen LogP contribution in [0.1, 0.15) is 27.9 Å². The minimum absolute atomic E-state index is 0.0263. The molecule has 0 aliphatic carbocycles. The summed E-state index contributed by atoms with van der Waals surface area (Å²) in [7, 11) is 3.25. The SMILES string of the molecule is CNc1ccc(CCCc2cc(C(=O)O)c(NC)cc2F)c(F)c1. The first-order valence-electron chi connectivity index (χ1n) is 7.66. The quantitative estimate of drug-likeness (QED) is 0.718. The summed E-state index contributed by atoms with van der Waals surface area (Å²) in [6, 6.07) is 7.42. The van der Waals surface area contributed by atoms with Gasteiger partial charge in [0.2, 0.25) is 0 Å². The highest BCUT2D eigenvalue weighted by Crippen LogP contribution is 2.23. The van der Waals surface area contributed by atoms with Gasteiger partial charge in [-0.05, 0) is 54.7 Å². The van der Waals surface area contributed by atoms with E-state index in [2.05, 4.69) is 10.6 Å². The van der Waals surface area contributed by atoms with Crippen LogP contribution < -0.4 is 10.6 Å². The second kappa shape index (κ2) is 7.77. The Morgan fingerprint density at radius 3 is 2.25 bits per heavy atom. The Labute approximate surface area is 139 Å². The molecule has 0 fully saturated rings. The maximum absolute atomic E-state index is 14.1. The number of hydrogen-bond donors (Lipinski definition) is 3. The van der Waals surface area contributed by atoms with Crippen LogP contribution in [0.15, 0.2) is 30.3 Å². The molecule has 4 nitrogen and oxygen atoms in total. The van der Waals surface area contributed by atoms with Crippen LogP contribution in [-0.4, -0.2) is 25.2 Å². The first-order valence-corrected chi connectivity index (χ1v) is 7.66. The molecule has 0 spiro atoms. The molecule has 0 saturated carbocycles. The van der Waals surface area contributed by atoms with Crippen molar-refractivity contribution in [2.45, 2.75) is 19.3 Å². The maximum atomic E-state index is 14.1. The Balaban J connectivity index is 2.09. The van der Waals surface area contributed by atoms with Crippen molar-refractivity contribution in [1.82, 2.24) is 0 Å². The summed E-state index contributed by atoms with van der Waals surface area (Å²) in [6.45, 7) is 0. The molecule has 3 N–H and O–H groups in total. The van der Waals surface area contributed by atoms with Crippen molar-refractivity contribution in [3.63, 3.8) is 0 Å². The molecule has 0 amide bonds. The molecule has 24 heavy (non-hydrogen) atoms. The monoisotopic (exact) mass is 334 g/mol. The predicted octanol–water partition coefficient (Wildman–Crippen LogP) is 3.92. The van der Waals surface area contributed by atoms with Crippen molar-refractivity contribution in [1.29, 1.82) is 0 Å². The molecule has 0 unspecified atom stereocenters. The Morgan fingerprint density at radius 1 is 1.00 bits per heavy atom. The van der Waals surface area contributed by atoms with E-state index in [0.717, 1.165) is 0 Å². The van der Waals surface area contributed by atoms with E-state index in [9.17, 15) is 18.7 Å². The molecule has 0 aliphatic heterocycles. The molecule has 0 heterocycles. The lowest BCUT2D eigenvalue weighted by Gasteiger charge is -2.10. The van der Waals surface area contributed by atoms with Gasteiger partial charge in [0, 0.05) is 19.8 Å². The van der Waals surface area contributed by atoms with Crippen LogP contribution in [0.5, 0.6) is 0 Å². The van der Waals surface area contributed by atoms with Gasteiger partial charge in [0.25, 0.3) is 0 Å². The smallest absolute Gasteiger partial charge is 0.337 e. The van der Waals surface area contributed by atoms with Crippen LogP contribution in [0.2, 0.25) is 0 Å². The molecular formula is C18H20F2N2O2. The lowest BCUT2D eigenvalue weighted by molar-refractivity contribution is 0.0697. The highest BCUT2D eigenvalue weighted by molar-refractivity contribution is 5.94. The summed E-state index contributed by atoms with van der Waals surface area (Å²) in [5, 5.41) is 14.7. The van der Waals surface area contributed by atoms with Crippen LogP contribution in [0.3, 0.4) is 0 Å². The van der Waals surface area contributed by atoms with Crippen molar-refractivity contribution in [3.05, 3.63) is 58.7 Å². The lowest BCUT2D eigenvalue weighted by atomic mass is 10.0. The number of carboxylic acid groups (broad SMARTS) is 1. The van der Waals surface area contributed by atoms with Crippen LogP contribution in [-0.2, 0) is 12.8 Å². The Morgan fingerprint density at radius 2 is 1.67 bits per heavy atom. The lowest BCUT2D eigenvalue weighted by Crippen LogP contribution is -2.06. The molecule has 2 rings (SSSR count). The van der Waals surface area contributed by atoms with E-state index in [1.54, 1.807) is 26.2 Å². The predicted molar refractivity (Wildman–Crippen MR) is 90.9 cm³/mol. The number of nitrogens with one attached hydrogen (secondary N) is 2. The molecule has 128 valence electrons. The molecule has 2 aromatic rings. The highest BCUT2D eigenvalue weighted by atomic mass is 19.1. The van der Waals surface area contributed by atoms with Gasteiger partial charge in [-0.15, -0.1) is 0 Å². The van der Waals surface area contributed by atoms with E-state index < -0.39 is 11.8 Å². The standard InChI is InChI=1S/C18H20F2N2O2/c1-21-13-7-6-11(15(19)9-13)4-3-5-12-8-14(18(23)24)17(22-2)10-16(12)20/h6-10,21-22H,3-5H2,1-2H3,(H,23,24). The number of aryl methyl sites for hydroxylation is 2. The van der Waals surface area contributed by atoms with Crippen molar-refractivity contribution in [2.24, 2.45) is 0 Å². The molecule has 6 heteroatoms. The molecule has 0 atom stereocenters. The average molecular weight is 334 g/mol. The summed E-state index contributed by atoms with van der Waals surface area (Å²) in [5.74, 6) is -1.89. The number of rotatable bonds is 7. The second-order valence-electron chi connectivity index (χ2n) is 5.45. The van der Waals surface area contributed by atoms with Gasteiger partial charge in [-0.3, -0.25) is 0 Å². The Hall–Kier alpha value is -2.63. The third-order valence-electron chi connectivity index (χ3n) is 3.92. The van der Waals surface area contributed by atoms with Gasteiger partial charge in [-0.2, -0.15) is 0 Å². The minimum Gasteiger partial charge on any atom is -0.478 e. The van der Waals surface area contributed by atoms with E-state index >= 15 is 0 Å². The van der Waals surface area contributed by atoms with Crippen LogP contribution in [0.25, 0.3) is 0 Å². The number of aromatic carboxylic acids is 1. The van der Waals surface area contributed by atoms with Gasteiger partial charge in [0.05, 0.1) is 11.3 Å². The van der Waals surface area contributed by atoms with Gasteiger partial charge < -0.3 is 15.7 Å². The normalized spacial score (nSPS) is 10.5. The van der Waals surface area contributed by atoms with Gasteiger partial charge in [-0.25, -0.2) is 13.6 Å². The zero-order valence-electron chi connectivity index (χ0n) is 13.6.